The minimum Gasteiger partial charge on any atom is -0.356 e. The van der Waals surface area contributed by atoms with Crippen molar-refractivity contribution in [3.63, 3.8) is 0 Å². The number of benzene rings is 3. The fraction of sp³-hybridized carbons (Fsp3) is 0.282. The maximum absolute atomic E-state index is 13.6. The zero-order chi connectivity index (χ0) is 38.0. The Morgan fingerprint density at radius 2 is 1.49 bits per heavy atom. The quantitative estimate of drug-likeness (QED) is 0.0536. The molecule has 12 heteroatoms. The summed E-state index contributed by atoms with van der Waals surface area (Å²) in [5, 5.41) is 4.68. The van der Waals surface area contributed by atoms with Gasteiger partial charge in [-0.15, -0.1) is 0 Å². The van der Waals surface area contributed by atoms with Crippen molar-refractivity contribution in [3.05, 3.63) is 120 Å². The third kappa shape index (κ3) is 11.8. The van der Waals surface area contributed by atoms with Gasteiger partial charge in [0.25, 0.3) is 5.91 Å². The Bertz CT molecular complexity index is 1660. The fourth-order valence-corrected chi connectivity index (χ4v) is 5.53. The van der Waals surface area contributed by atoms with Crippen LogP contribution in [-0.4, -0.2) is 42.3 Å². The van der Waals surface area contributed by atoms with E-state index in [1.165, 1.54) is 53.4 Å². The van der Waals surface area contributed by atoms with Gasteiger partial charge in [0.05, 0.1) is 0 Å². The van der Waals surface area contributed by atoms with Crippen molar-refractivity contribution in [3.8, 4) is 0 Å². The van der Waals surface area contributed by atoms with Crippen LogP contribution < -0.4 is 20.4 Å². The second-order valence-corrected chi connectivity index (χ2v) is 12.0. The van der Waals surface area contributed by atoms with Crippen molar-refractivity contribution in [1.82, 2.24) is 10.6 Å². The molecule has 0 aromatic heterocycles. The van der Waals surface area contributed by atoms with E-state index >= 15 is 0 Å². The van der Waals surface area contributed by atoms with Crippen molar-refractivity contribution in [1.29, 1.82) is 0 Å². The van der Waals surface area contributed by atoms with Crippen LogP contribution >= 0.6 is 12.0 Å². The first-order chi connectivity index (χ1) is 24.5. The van der Waals surface area contributed by atoms with Gasteiger partial charge in [0, 0.05) is 70.2 Å². The van der Waals surface area contributed by atoms with Crippen LogP contribution in [0.5, 0.6) is 0 Å². The van der Waals surface area contributed by atoms with Gasteiger partial charge in [0.15, 0.2) is 0 Å². The van der Waals surface area contributed by atoms with E-state index in [0.717, 1.165) is 28.3 Å². The van der Waals surface area contributed by atoms with Gasteiger partial charge in [-0.25, -0.2) is 8.78 Å². The summed E-state index contributed by atoms with van der Waals surface area (Å²) < 4.78 is 36.9. The molecule has 9 nitrogen and oxygen atoms in total. The zero-order valence-electron chi connectivity index (χ0n) is 29.8. The molecule has 0 spiro atoms. The minimum atomic E-state index is -0.424. The molecule has 3 aromatic rings. The van der Waals surface area contributed by atoms with E-state index < -0.39 is 11.6 Å². The molecule has 4 rings (SSSR count). The van der Waals surface area contributed by atoms with Gasteiger partial charge in [-0.3, -0.25) is 24.1 Å². The number of anilines is 3. The van der Waals surface area contributed by atoms with Gasteiger partial charge in [-0.05, 0) is 91.7 Å². The van der Waals surface area contributed by atoms with Crippen LogP contribution in [0.1, 0.15) is 59.9 Å². The number of amides is 4. The number of nitrogens with zero attached hydrogens (tertiary/aromatic N) is 2. The van der Waals surface area contributed by atoms with Crippen LogP contribution in [0.3, 0.4) is 0 Å². The van der Waals surface area contributed by atoms with Crippen molar-refractivity contribution in [2.24, 2.45) is 0 Å². The number of carbonyl (C=O) groups is 4. The van der Waals surface area contributed by atoms with Crippen LogP contribution in [-0.2, 0) is 24.6 Å². The van der Waals surface area contributed by atoms with Crippen molar-refractivity contribution < 1.29 is 32.5 Å². The first-order valence-corrected chi connectivity index (χ1v) is 17.3. The minimum absolute atomic E-state index is 0.0181. The molecule has 0 saturated carbocycles. The van der Waals surface area contributed by atoms with Crippen LogP contribution in [0.25, 0.3) is 0 Å². The van der Waals surface area contributed by atoms with Crippen molar-refractivity contribution in [2.45, 2.75) is 64.7 Å². The molecule has 1 aliphatic heterocycles. The number of imide groups is 1. The highest BCUT2D eigenvalue weighted by molar-refractivity contribution is 7.93. The summed E-state index contributed by atoms with van der Waals surface area (Å²) >= 11 is 0.713. The first-order valence-electron chi connectivity index (χ1n) is 16.5. The third-order valence-corrected chi connectivity index (χ3v) is 8.19. The average molecular weight is 721 g/mol. The number of allylic oxidation sites excluding steroid dienone is 5. The second-order valence-electron chi connectivity index (χ2n) is 11.4. The Labute approximate surface area is 303 Å². The molecule has 0 saturated heterocycles. The van der Waals surface area contributed by atoms with Gasteiger partial charge < -0.3 is 20.1 Å². The molecule has 0 fully saturated rings. The Kier molecular flexibility index (Phi) is 17.5. The Balaban J connectivity index is 0.00000118. The predicted molar refractivity (Wildman–Crippen MR) is 201 cm³/mol. The Hall–Kier alpha value is -5.07. The summed E-state index contributed by atoms with van der Waals surface area (Å²) in [6.45, 7) is 13.0. The third-order valence-electron chi connectivity index (χ3n) is 7.73. The maximum Gasteiger partial charge on any atom is 0.258 e. The highest BCUT2D eigenvalue weighted by Gasteiger charge is 2.39. The van der Waals surface area contributed by atoms with Crippen molar-refractivity contribution in [2.75, 3.05) is 22.9 Å². The molecule has 3 aromatic carbocycles. The molecular weight excluding hydrogens is 675 g/mol. The van der Waals surface area contributed by atoms with E-state index in [9.17, 15) is 22.9 Å². The monoisotopic (exact) mass is 720 g/mol. The highest BCUT2D eigenvalue weighted by atomic mass is 32.2. The lowest BCUT2D eigenvalue weighted by Crippen LogP contribution is -2.30. The predicted octanol–water partition coefficient (Wildman–Crippen LogP) is 8.21. The molecule has 0 atom stereocenters. The summed E-state index contributed by atoms with van der Waals surface area (Å²) in [6, 6.07) is 17.0. The molecular formula is C39H46F2N4O5S. The molecule has 0 aliphatic carbocycles. The van der Waals surface area contributed by atoms with Gasteiger partial charge in [0.1, 0.15) is 11.6 Å². The molecule has 0 radical (unpaired) electrons. The number of halogens is 2. The lowest BCUT2D eigenvalue weighted by atomic mass is 9.83. The SMILES string of the molecule is CC.CCC(=O)NCCCN1/C(=C/C=C/C=C(\C)C(=O)N(c2ccc(F)cc2)c2ccc(F)cc2)C(C)(C)c2cc(SO)ccc21.O=CNC=O. The number of rotatable bonds is 13. The molecule has 1 heterocycles. The number of nitrogens with one attached hydrogen (secondary N) is 2. The topological polar surface area (TPSA) is 119 Å². The van der Waals surface area contributed by atoms with Crippen LogP contribution in [0.2, 0.25) is 0 Å². The Morgan fingerprint density at radius 1 is 0.922 bits per heavy atom. The smallest absolute Gasteiger partial charge is 0.258 e. The number of fused-ring (bicyclic) bond motifs is 1. The van der Waals surface area contributed by atoms with Gasteiger partial charge in [0.2, 0.25) is 18.7 Å². The summed E-state index contributed by atoms with van der Waals surface area (Å²) in [6.07, 6.45) is 9.21. The number of hydrogen-bond acceptors (Lipinski definition) is 7. The molecule has 1 aliphatic rings. The van der Waals surface area contributed by atoms with E-state index in [0.29, 0.717) is 61.3 Å². The van der Waals surface area contributed by atoms with E-state index in [-0.39, 0.29) is 17.2 Å². The Morgan fingerprint density at radius 3 is 1.98 bits per heavy atom. The van der Waals surface area contributed by atoms with E-state index in [1.807, 2.05) is 51.1 Å². The van der Waals surface area contributed by atoms with Crippen LogP contribution in [0, 0.1) is 11.6 Å². The van der Waals surface area contributed by atoms with Gasteiger partial charge in [-0.2, -0.15) is 0 Å². The van der Waals surface area contributed by atoms with E-state index in [1.54, 1.807) is 24.4 Å². The summed E-state index contributed by atoms with van der Waals surface area (Å²) in [4.78, 5) is 47.9. The molecule has 51 heavy (non-hydrogen) atoms. The van der Waals surface area contributed by atoms with Crippen LogP contribution in [0.15, 0.2) is 107 Å². The standard InChI is InChI=1S/C35H37F2N3O3S.C2H3NO2.C2H6/c1-5-33(41)38-21-8-22-39-31-20-19-29(44-43)23-30(31)35(3,4)32(39)10-7-6-9-24(2)34(42)40(27-15-11-25(36)12-16-27)28-17-13-26(37)14-18-28;4-1-3-2-5;1-2/h6-7,9-20,23,43H,5,8,21-22H2,1-4H3,(H,38,41);1-2H,(H,3,4,5);1-2H3/b7-6+,24-9+,32-10+;;. The summed E-state index contributed by atoms with van der Waals surface area (Å²) in [5.74, 6) is -1.17. The van der Waals surface area contributed by atoms with E-state index in [4.69, 9.17) is 9.59 Å². The normalized spacial score (nSPS) is 13.7. The number of carbonyl (C=O) groups excluding carboxylic acids is 4. The zero-order valence-corrected chi connectivity index (χ0v) is 30.6. The molecule has 0 unspecified atom stereocenters. The average Bonchev–Trinajstić information content (AvgIpc) is 3.35. The molecule has 3 N–H and O–H groups in total. The second kappa shape index (κ2) is 21.2. The van der Waals surface area contributed by atoms with Gasteiger partial charge >= 0.3 is 0 Å². The maximum atomic E-state index is 13.6. The van der Waals surface area contributed by atoms with Crippen LogP contribution in [0.4, 0.5) is 25.8 Å². The van der Waals surface area contributed by atoms with Crippen molar-refractivity contribution >= 4 is 53.7 Å². The largest absolute Gasteiger partial charge is 0.356 e. The lowest BCUT2D eigenvalue weighted by Gasteiger charge is -2.27. The van der Waals surface area contributed by atoms with E-state index in [2.05, 4.69) is 24.1 Å². The number of hydrogen-bond donors (Lipinski definition) is 3. The fourth-order valence-electron chi connectivity index (χ4n) is 5.23. The van der Waals surface area contributed by atoms with Gasteiger partial charge in [-0.1, -0.05) is 52.8 Å². The summed E-state index contributed by atoms with van der Waals surface area (Å²) in [5.41, 5.74) is 4.15. The highest BCUT2D eigenvalue weighted by Crippen LogP contribution is 2.48. The molecule has 272 valence electrons. The first kappa shape index (κ1) is 42.1. The summed E-state index contributed by atoms with van der Waals surface area (Å²) in [7, 11) is 0. The molecule has 4 amide bonds. The molecule has 0 bridgehead atoms. The lowest BCUT2D eigenvalue weighted by molar-refractivity contribution is -0.121.